The molecule has 0 aromatic heterocycles. The molecule has 1 N–H and O–H groups in total. The molecule has 0 heterocycles. The van der Waals surface area contributed by atoms with E-state index in [9.17, 15) is 32.8 Å². The normalized spacial score (nSPS) is 12.7. The van der Waals surface area contributed by atoms with Crippen molar-refractivity contribution in [3.8, 4) is 0 Å². The van der Waals surface area contributed by atoms with Gasteiger partial charge in [-0.15, -0.1) is 0 Å². The number of carbonyl (C=O) groups excluding carboxylic acids is 2. The molecule has 0 radical (unpaired) electrons. The average molecular weight is 698 g/mol. The minimum Gasteiger partial charge on any atom is -0.549 e. The molecule has 9 heteroatoms. The number of aliphatic carboxylic acids is 2. The van der Waals surface area contributed by atoms with Crippen LogP contribution in [-0.4, -0.2) is 79.0 Å². The molecule has 7 nitrogen and oxygen atoms in total. The maximum atomic E-state index is 12.3. The van der Waals surface area contributed by atoms with Crippen LogP contribution >= 0.6 is 0 Å². The summed E-state index contributed by atoms with van der Waals surface area (Å²) in [4.78, 5) is 24.0. The molecule has 0 amide bonds. The number of hydrogen-bond donors (Lipinski definition) is 1. The fourth-order valence-electron chi connectivity index (χ4n) is 5.54. The minimum absolute atomic E-state index is 0. The molecule has 0 aliphatic carbocycles. The maximum absolute atomic E-state index is 12.3. The standard InChI is InChI=1S/C30H58O7S.Ba/c1-3-5-7-9-11-13-15-17-19-21-23-25-30(29(33)34,27(28(31)32)38(35,36)37)26-24-22-20-18-16-14-12-10-8-6-4-2;/h27H,3-26H2,1-2H3,(H,31,32)(H,33,34)(H,35,36,37);/q;+2/p-2. The zero-order valence-electron chi connectivity index (χ0n) is 25.1. The van der Waals surface area contributed by atoms with Crippen LogP contribution < -0.4 is 10.2 Å². The molecule has 1 unspecified atom stereocenters. The Hall–Kier alpha value is 0.421. The van der Waals surface area contributed by atoms with E-state index in [4.69, 9.17) is 0 Å². The molecular formula is C30H56BaO7S. The second kappa shape index (κ2) is 26.1. The quantitative estimate of drug-likeness (QED) is 0.0625. The van der Waals surface area contributed by atoms with Gasteiger partial charge in [0.2, 0.25) is 0 Å². The molecule has 226 valence electrons. The Balaban J connectivity index is 0. The van der Waals surface area contributed by atoms with Crippen molar-refractivity contribution >= 4 is 70.9 Å². The summed E-state index contributed by atoms with van der Waals surface area (Å²) in [6.45, 7) is 4.39. The van der Waals surface area contributed by atoms with Crippen molar-refractivity contribution in [3.05, 3.63) is 0 Å². The van der Waals surface area contributed by atoms with Crippen LogP contribution in [0, 0.1) is 5.41 Å². The first-order valence-corrected chi connectivity index (χ1v) is 17.0. The van der Waals surface area contributed by atoms with Gasteiger partial charge in [0, 0.05) is 11.4 Å². The van der Waals surface area contributed by atoms with Crippen LogP contribution in [0.25, 0.3) is 0 Å². The van der Waals surface area contributed by atoms with Gasteiger partial charge < -0.3 is 19.8 Å². The first kappa shape index (κ1) is 41.6. The number of rotatable bonds is 28. The van der Waals surface area contributed by atoms with Gasteiger partial charge >= 0.3 is 48.9 Å². The molecule has 0 saturated carbocycles. The van der Waals surface area contributed by atoms with Crippen molar-refractivity contribution in [1.82, 2.24) is 0 Å². The van der Waals surface area contributed by atoms with Gasteiger partial charge in [0.15, 0.2) is 0 Å². The summed E-state index contributed by atoms with van der Waals surface area (Å²) in [6, 6.07) is 0. The van der Waals surface area contributed by atoms with E-state index in [0.29, 0.717) is 25.7 Å². The minimum atomic E-state index is -5.18. The first-order chi connectivity index (χ1) is 18.1. The Morgan fingerprint density at radius 3 is 1.05 bits per heavy atom. The van der Waals surface area contributed by atoms with Gasteiger partial charge in [-0.3, -0.25) is 4.55 Å². The van der Waals surface area contributed by atoms with E-state index in [0.717, 1.165) is 38.5 Å². The number of unbranched alkanes of at least 4 members (excludes halogenated alkanes) is 20. The predicted molar refractivity (Wildman–Crippen MR) is 156 cm³/mol. The molecule has 0 saturated heterocycles. The van der Waals surface area contributed by atoms with Gasteiger partial charge in [-0.25, -0.2) is 0 Å². The van der Waals surface area contributed by atoms with Crippen molar-refractivity contribution in [2.75, 3.05) is 0 Å². The third kappa shape index (κ3) is 20.0. The Morgan fingerprint density at radius 2 is 0.846 bits per heavy atom. The molecule has 0 bridgehead atoms. The largest absolute Gasteiger partial charge is 2.00 e. The summed E-state index contributed by atoms with van der Waals surface area (Å²) in [5.41, 5.74) is -2.19. The zero-order chi connectivity index (χ0) is 28.7. The van der Waals surface area contributed by atoms with E-state index >= 15 is 0 Å². The van der Waals surface area contributed by atoms with E-state index in [1.807, 2.05) is 0 Å². The molecule has 0 spiro atoms. The Labute approximate surface area is 279 Å². The Morgan fingerprint density at radius 1 is 0.590 bits per heavy atom. The molecule has 0 aromatic rings. The van der Waals surface area contributed by atoms with Crippen molar-refractivity contribution in [3.63, 3.8) is 0 Å². The van der Waals surface area contributed by atoms with Crippen molar-refractivity contribution in [1.29, 1.82) is 0 Å². The SMILES string of the molecule is CCCCCCCCCCCCCC(CCCCCCCCCCCCC)(C(=O)[O-])C(C(=O)[O-])S(=O)(=O)O.[Ba+2]. The number of carbonyl (C=O) groups is 2. The molecule has 39 heavy (non-hydrogen) atoms. The van der Waals surface area contributed by atoms with Gasteiger partial charge in [0.05, 0.1) is 5.97 Å². The fraction of sp³-hybridized carbons (Fsp3) is 0.933. The average Bonchev–Trinajstić information content (AvgIpc) is 2.84. The van der Waals surface area contributed by atoms with Gasteiger partial charge in [0.1, 0.15) is 5.25 Å². The smallest absolute Gasteiger partial charge is 0.549 e. The fourth-order valence-corrected chi connectivity index (χ4v) is 6.69. The number of hydrogen-bond acceptors (Lipinski definition) is 6. The summed E-state index contributed by atoms with van der Waals surface area (Å²) in [6.07, 6.45) is 22.5. The molecule has 0 aliphatic heterocycles. The second-order valence-electron chi connectivity index (χ2n) is 11.2. The molecule has 0 aromatic carbocycles. The zero-order valence-corrected chi connectivity index (χ0v) is 30.3. The van der Waals surface area contributed by atoms with Gasteiger partial charge in [-0.1, -0.05) is 155 Å². The van der Waals surface area contributed by atoms with Crippen LogP contribution in [0.15, 0.2) is 0 Å². The maximum Gasteiger partial charge on any atom is 2.00 e. The Kier molecular flexibility index (Phi) is 27.8. The Bertz CT molecular complexity index is 686. The summed E-state index contributed by atoms with van der Waals surface area (Å²) in [7, 11) is -5.18. The van der Waals surface area contributed by atoms with Crippen LogP contribution in [0.2, 0.25) is 0 Å². The second-order valence-corrected chi connectivity index (χ2v) is 12.7. The summed E-state index contributed by atoms with van der Waals surface area (Å²) in [5.74, 6) is -3.81. The third-order valence-corrected chi connectivity index (χ3v) is 9.11. The van der Waals surface area contributed by atoms with E-state index < -0.39 is 32.7 Å². The van der Waals surface area contributed by atoms with Gasteiger partial charge in [-0.2, -0.15) is 8.42 Å². The number of carboxylic acids is 2. The monoisotopic (exact) mass is 698 g/mol. The van der Waals surface area contributed by atoms with E-state index in [1.165, 1.54) is 77.0 Å². The van der Waals surface area contributed by atoms with E-state index in [-0.39, 0.29) is 61.7 Å². The first-order valence-electron chi connectivity index (χ1n) is 15.5. The summed E-state index contributed by atoms with van der Waals surface area (Å²) >= 11 is 0. The molecule has 1 atom stereocenters. The van der Waals surface area contributed by atoms with Gasteiger partial charge in [-0.05, 0) is 12.8 Å². The van der Waals surface area contributed by atoms with Crippen LogP contribution in [0.3, 0.4) is 0 Å². The van der Waals surface area contributed by atoms with Crippen LogP contribution in [0.4, 0.5) is 0 Å². The molecule has 0 aliphatic rings. The van der Waals surface area contributed by atoms with Gasteiger partial charge in [0.25, 0.3) is 10.1 Å². The predicted octanol–water partition coefficient (Wildman–Crippen LogP) is 5.75. The van der Waals surface area contributed by atoms with Crippen molar-refractivity contribution in [2.45, 2.75) is 173 Å². The molecular weight excluding hydrogens is 642 g/mol. The third-order valence-electron chi connectivity index (χ3n) is 7.87. The van der Waals surface area contributed by atoms with E-state index in [2.05, 4.69) is 13.8 Å². The van der Waals surface area contributed by atoms with Crippen molar-refractivity contribution < 1.29 is 32.8 Å². The van der Waals surface area contributed by atoms with Crippen LogP contribution in [0.1, 0.15) is 168 Å². The number of carboxylic acid groups (broad SMARTS) is 2. The van der Waals surface area contributed by atoms with Crippen molar-refractivity contribution in [2.24, 2.45) is 5.41 Å². The summed E-state index contributed by atoms with van der Waals surface area (Å²) < 4.78 is 33.6. The molecule has 0 fully saturated rings. The van der Waals surface area contributed by atoms with E-state index in [1.54, 1.807) is 0 Å². The summed E-state index contributed by atoms with van der Waals surface area (Å²) in [5, 5.41) is 21.5. The van der Waals surface area contributed by atoms with Crippen LogP contribution in [-0.2, 0) is 19.7 Å². The molecule has 0 rings (SSSR count). The van der Waals surface area contributed by atoms with Crippen LogP contribution in [0.5, 0.6) is 0 Å². The topological polar surface area (TPSA) is 135 Å².